The Kier molecular flexibility index (Phi) is 23.2. The van der Waals surface area contributed by atoms with E-state index in [1.165, 1.54) is 35.4 Å². The van der Waals surface area contributed by atoms with Crippen LogP contribution in [0.5, 0.6) is 0 Å². The Labute approximate surface area is 454 Å². The SMILES string of the molecule is CC[C@H]1OC(=O)[C@H](C)[C@@H](O[C@H]2CC(C)(OC)[C@@H](O)[C@H](C)O2)[C@H](C)[C@@H](O[C@@H]2O[C@H](C)C[C@H](N(C)CCC(=O)N[C@H](CF)[C@H](OC)c3ccc(C4=NO[C@H](CO)C4)cc3)[C@H]2O)C(C)(OC)C[C@@H](C)/C(=N/OC)[C@H](C)[C@@H](O)C1(C)O. The molecule has 3 saturated heterocycles. The molecule has 5 rings (SSSR count). The number of nitrogens with one attached hydrogen (secondary N) is 1. The van der Waals surface area contributed by atoms with E-state index in [0.29, 0.717) is 29.8 Å². The number of benzene rings is 1. The maximum atomic E-state index is 14.7. The van der Waals surface area contributed by atoms with Crippen molar-refractivity contribution in [3.8, 4) is 0 Å². The van der Waals surface area contributed by atoms with E-state index in [4.69, 9.17) is 47.6 Å². The van der Waals surface area contributed by atoms with E-state index < -0.39 is 145 Å². The minimum absolute atomic E-state index is 0.0572. The Bertz CT molecular complexity index is 2110. The maximum Gasteiger partial charge on any atom is 0.311 e. The topological polar surface area (TPSA) is 268 Å². The predicted octanol–water partition coefficient (Wildman–Crippen LogP) is 3.96. The molecule has 4 aliphatic rings. The van der Waals surface area contributed by atoms with Crippen LogP contribution in [0.1, 0.15) is 125 Å². The van der Waals surface area contributed by atoms with Crippen molar-refractivity contribution in [1.82, 2.24) is 10.2 Å². The van der Waals surface area contributed by atoms with Gasteiger partial charge in [0.1, 0.15) is 43.8 Å². The van der Waals surface area contributed by atoms with Gasteiger partial charge in [0.15, 0.2) is 18.7 Å². The number of hydrogen-bond donors (Lipinski definition) is 6. The number of likely N-dealkylation sites (N-methyl/N-ethyl adjacent to an activating group) is 1. The molecule has 1 aromatic rings. The standard InChI is InChI=1S/C55H91FN4O17/c1-16-41-55(10,67)48(64)31(4)44(59-71-15)29(2)25-54(9,70-14)50(32(5)46(33(6)51(66)74-41)75-43-26-53(8,69-13)49(65)34(7)73-43)76-52-45(63)40(23-30(3)72-52)60(11)22-21-42(62)57-39(27-56)47(68-12)36-19-17-35(18-20-36)38-24-37(28-61)77-58-38/h17-20,29-34,37,39-41,43,45-50,52,61,63-65,67H,16,21-28H2,1-15H3,(H,57,62)/b59-44-/t29-,30-,31+,32+,33-,34+,37+,39-,40+,41-,43+,45-,46+,47-,48-,49+,50-,52+,53?,54?,55?/m1/s1. The highest BCUT2D eigenvalue weighted by Crippen LogP contribution is 2.42. The molecule has 4 heterocycles. The summed E-state index contributed by atoms with van der Waals surface area (Å²) in [5.74, 6) is -4.42. The molecule has 1 aromatic carbocycles. The average Bonchev–Trinajstić information content (AvgIpc) is 3.90. The van der Waals surface area contributed by atoms with Crippen LogP contribution in [-0.2, 0) is 57.2 Å². The summed E-state index contributed by atoms with van der Waals surface area (Å²) in [7, 11) is 7.61. The summed E-state index contributed by atoms with van der Waals surface area (Å²) in [6, 6.07) is 5.54. The number of oxime groups is 2. The average molecular weight is 1100 g/mol. The summed E-state index contributed by atoms with van der Waals surface area (Å²) in [6.07, 6.45) is -10.8. The van der Waals surface area contributed by atoms with Gasteiger partial charge in [-0.25, -0.2) is 4.39 Å². The molecule has 77 heavy (non-hydrogen) atoms. The number of methoxy groups -OCH3 is 3. The number of hydrogen-bond acceptors (Lipinski definition) is 20. The number of alkyl halides is 1. The van der Waals surface area contributed by atoms with Gasteiger partial charge in [-0.3, -0.25) is 9.59 Å². The van der Waals surface area contributed by atoms with Gasteiger partial charge in [-0.05, 0) is 79.0 Å². The lowest BCUT2D eigenvalue weighted by Crippen LogP contribution is -2.61. The first-order valence-corrected chi connectivity index (χ1v) is 27.1. The molecule has 21 atom stereocenters. The number of carbonyl (C=O) groups is 2. The van der Waals surface area contributed by atoms with Crippen molar-refractivity contribution in [3.63, 3.8) is 0 Å². The van der Waals surface area contributed by atoms with Crippen molar-refractivity contribution in [2.45, 2.75) is 210 Å². The number of aliphatic hydroxyl groups is 5. The summed E-state index contributed by atoms with van der Waals surface area (Å²) >= 11 is 0. The molecule has 22 heteroatoms. The van der Waals surface area contributed by atoms with E-state index >= 15 is 0 Å². The molecular formula is C55H91FN4O17. The molecule has 440 valence electrons. The lowest BCUT2D eigenvalue weighted by molar-refractivity contribution is -0.319. The third kappa shape index (κ3) is 14.9. The molecule has 0 spiro atoms. The van der Waals surface area contributed by atoms with Crippen LogP contribution in [0.25, 0.3) is 0 Å². The molecule has 3 unspecified atom stereocenters. The highest BCUT2D eigenvalue weighted by molar-refractivity contribution is 6.01. The van der Waals surface area contributed by atoms with E-state index in [-0.39, 0.29) is 38.8 Å². The van der Waals surface area contributed by atoms with Crippen molar-refractivity contribution >= 4 is 23.3 Å². The second-order valence-electron chi connectivity index (χ2n) is 22.5. The van der Waals surface area contributed by atoms with E-state index in [0.717, 1.165) is 5.56 Å². The Morgan fingerprint density at radius 3 is 2.18 bits per heavy atom. The fraction of sp³-hybridized carbons (Fsp3) is 0.818. The minimum Gasteiger partial charge on any atom is -0.459 e. The van der Waals surface area contributed by atoms with E-state index in [1.807, 2.05) is 44.7 Å². The highest BCUT2D eigenvalue weighted by Gasteiger charge is 2.54. The summed E-state index contributed by atoms with van der Waals surface area (Å²) < 4.78 is 65.5. The second-order valence-corrected chi connectivity index (χ2v) is 22.5. The number of halogens is 1. The van der Waals surface area contributed by atoms with E-state index in [1.54, 1.807) is 53.8 Å². The Balaban J connectivity index is 1.44. The van der Waals surface area contributed by atoms with E-state index in [2.05, 4.69) is 15.6 Å². The number of esters is 1. The molecule has 0 aliphatic carbocycles. The number of nitrogens with zero attached hydrogens (tertiary/aromatic N) is 3. The fourth-order valence-corrected chi connectivity index (χ4v) is 11.8. The third-order valence-electron chi connectivity index (χ3n) is 16.7. The number of aliphatic hydroxyl groups excluding tert-OH is 4. The Morgan fingerprint density at radius 2 is 1.61 bits per heavy atom. The molecule has 0 saturated carbocycles. The Morgan fingerprint density at radius 1 is 0.948 bits per heavy atom. The molecule has 1 amide bonds. The summed E-state index contributed by atoms with van der Waals surface area (Å²) in [5.41, 5.74) is -1.89. The zero-order valence-corrected chi connectivity index (χ0v) is 47.9. The smallest absolute Gasteiger partial charge is 0.311 e. The van der Waals surface area contributed by atoms with Crippen LogP contribution in [0.15, 0.2) is 34.6 Å². The lowest BCUT2D eigenvalue weighted by Gasteiger charge is -2.50. The normalized spacial score (nSPS) is 40.0. The van der Waals surface area contributed by atoms with Gasteiger partial charge in [-0.2, -0.15) is 0 Å². The third-order valence-corrected chi connectivity index (χ3v) is 16.7. The largest absolute Gasteiger partial charge is 0.459 e. The van der Waals surface area contributed by atoms with Crippen molar-refractivity contribution in [3.05, 3.63) is 35.4 Å². The van der Waals surface area contributed by atoms with Crippen LogP contribution in [-0.4, -0.2) is 205 Å². The van der Waals surface area contributed by atoms with Crippen LogP contribution >= 0.6 is 0 Å². The quantitative estimate of drug-likeness (QED) is 0.0846. The summed E-state index contributed by atoms with van der Waals surface area (Å²) in [5, 5.41) is 68.1. The molecule has 4 aliphatic heterocycles. The first-order valence-electron chi connectivity index (χ1n) is 27.1. The number of ether oxygens (including phenoxy) is 8. The van der Waals surface area contributed by atoms with Crippen LogP contribution < -0.4 is 5.32 Å². The number of rotatable bonds is 19. The molecule has 0 bridgehead atoms. The van der Waals surface area contributed by atoms with Crippen molar-refractivity contribution in [2.75, 3.05) is 55.3 Å². The van der Waals surface area contributed by atoms with Crippen LogP contribution in [0.2, 0.25) is 0 Å². The number of carbonyl (C=O) groups excluding carboxylic acids is 2. The fourth-order valence-electron chi connectivity index (χ4n) is 11.8. The summed E-state index contributed by atoms with van der Waals surface area (Å²) in [4.78, 5) is 40.6. The van der Waals surface area contributed by atoms with Gasteiger partial charge in [0.25, 0.3) is 0 Å². The predicted molar refractivity (Wildman–Crippen MR) is 281 cm³/mol. The van der Waals surface area contributed by atoms with Crippen molar-refractivity contribution < 1.29 is 87.1 Å². The van der Waals surface area contributed by atoms with Crippen molar-refractivity contribution in [1.29, 1.82) is 0 Å². The number of cyclic esters (lactones) is 1. The lowest BCUT2D eigenvalue weighted by atomic mass is 9.73. The minimum atomic E-state index is -1.95. The van der Waals surface area contributed by atoms with E-state index in [9.17, 15) is 39.5 Å². The highest BCUT2D eigenvalue weighted by atomic mass is 19.1. The monoisotopic (exact) mass is 1100 g/mol. The molecular weight excluding hydrogens is 1010 g/mol. The van der Waals surface area contributed by atoms with Crippen LogP contribution in [0.3, 0.4) is 0 Å². The number of amides is 1. The maximum absolute atomic E-state index is 14.7. The van der Waals surface area contributed by atoms with Crippen molar-refractivity contribution in [2.24, 2.45) is 34.0 Å². The van der Waals surface area contributed by atoms with Gasteiger partial charge in [0.05, 0.1) is 71.7 Å². The first kappa shape index (κ1) is 64.3. The molecule has 21 nitrogen and oxygen atoms in total. The van der Waals surface area contributed by atoms with Gasteiger partial charge < -0.3 is 83.3 Å². The first-order chi connectivity index (χ1) is 36.3. The van der Waals surface area contributed by atoms with Gasteiger partial charge in [0.2, 0.25) is 5.91 Å². The molecule has 6 N–H and O–H groups in total. The summed E-state index contributed by atoms with van der Waals surface area (Å²) in [6.45, 7) is 16.4. The Hall–Kier alpha value is -3.49. The van der Waals surface area contributed by atoms with Gasteiger partial charge in [-0.1, -0.05) is 62.3 Å². The molecule has 3 fully saturated rings. The van der Waals surface area contributed by atoms with Crippen LogP contribution in [0.4, 0.5) is 4.39 Å². The van der Waals surface area contributed by atoms with Gasteiger partial charge >= 0.3 is 5.97 Å². The zero-order chi connectivity index (χ0) is 57.3. The molecule has 0 aromatic heterocycles. The zero-order valence-electron chi connectivity index (χ0n) is 47.9. The molecule has 0 radical (unpaired) electrons. The van der Waals surface area contributed by atoms with Gasteiger partial charge in [0, 0.05) is 70.9 Å². The second kappa shape index (κ2) is 27.8. The van der Waals surface area contributed by atoms with Crippen LogP contribution in [0, 0.1) is 23.7 Å². The van der Waals surface area contributed by atoms with Gasteiger partial charge in [-0.15, -0.1) is 0 Å².